The molecule has 0 spiro atoms. The minimum Gasteiger partial charge on any atom is -0.492 e. The minimum absolute atomic E-state index is 0.209. The maximum absolute atomic E-state index is 12.3. The van der Waals surface area contributed by atoms with Crippen molar-refractivity contribution in [2.75, 3.05) is 17.7 Å². The second-order valence-electron chi connectivity index (χ2n) is 5.60. The van der Waals surface area contributed by atoms with Crippen molar-refractivity contribution >= 4 is 40.9 Å². The molecule has 0 bridgehead atoms. The summed E-state index contributed by atoms with van der Waals surface area (Å²) in [5.41, 5.74) is 0.547. The molecule has 2 aromatic carbocycles. The molecule has 0 saturated heterocycles. The summed E-state index contributed by atoms with van der Waals surface area (Å²) < 4.78 is 10.7. The van der Waals surface area contributed by atoms with Crippen molar-refractivity contribution in [2.24, 2.45) is 0 Å². The van der Waals surface area contributed by atoms with Crippen LogP contribution in [0.4, 0.5) is 5.69 Å². The normalized spacial score (nSPS) is 11.5. The molecule has 0 saturated carbocycles. The number of nitrogens with one attached hydrogen (secondary N) is 1. The topological polar surface area (TPSA) is 64.6 Å². The van der Waals surface area contributed by atoms with E-state index in [4.69, 9.17) is 21.1 Å². The summed E-state index contributed by atoms with van der Waals surface area (Å²) in [7, 11) is 0. The van der Waals surface area contributed by atoms with Crippen molar-refractivity contribution in [1.82, 2.24) is 0 Å². The highest BCUT2D eigenvalue weighted by Crippen LogP contribution is 2.24. The van der Waals surface area contributed by atoms with Crippen molar-refractivity contribution in [3.05, 3.63) is 53.6 Å². The third-order valence-electron chi connectivity index (χ3n) is 3.51. The van der Waals surface area contributed by atoms with E-state index >= 15 is 0 Å². The Labute approximate surface area is 168 Å². The molecule has 27 heavy (non-hydrogen) atoms. The number of amides is 1. The fraction of sp³-hybridized carbons (Fsp3) is 0.300. The summed E-state index contributed by atoms with van der Waals surface area (Å²) in [5.74, 6) is 0.312. The number of carbonyl (C=O) groups excluding carboxylic acids is 2. The van der Waals surface area contributed by atoms with Crippen LogP contribution in [-0.4, -0.2) is 30.3 Å². The number of halogens is 1. The number of rotatable bonds is 9. The van der Waals surface area contributed by atoms with E-state index in [9.17, 15) is 9.59 Å². The van der Waals surface area contributed by atoms with Crippen molar-refractivity contribution in [3.63, 3.8) is 0 Å². The number of para-hydroxylation sites is 2. The Bertz CT molecular complexity index is 767. The Morgan fingerprint density at radius 2 is 1.85 bits per heavy atom. The molecule has 1 N–H and O–H groups in total. The number of hydrogen-bond donors (Lipinski definition) is 1. The van der Waals surface area contributed by atoms with Crippen molar-refractivity contribution in [3.8, 4) is 5.75 Å². The molecule has 5 nitrogen and oxygen atoms in total. The first-order chi connectivity index (χ1) is 13.0. The Kier molecular flexibility index (Phi) is 8.48. The summed E-state index contributed by atoms with van der Waals surface area (Å²) in [6.07, 6.45) is -0.687. The zero-order chi connectivity index (χ0) is 19.6. The number of carbonyl (C=O) groups is 2. The van der Waals surface area contributed by atoms with Crippen LogP contribution in [0, 0.1) is 0 Å². The van der Waals surface area contributed by atoms with Gasteiger partial charge in [0.2, 0.25) is 0 Å². The van der Waals surface area contributed by atoms with Gasteiger partial charge in [-0.2, -0.15) is 0 Å². The number of anilines is 1. The van der Waals surface area contributed by atoms with Gasteiger partial charge in [0.15, 0.2) is 6.10 Å². The molecule has 0 fully saturated rings. The summed E-state index contributed by atoms with van der Waals surface area (Å²) in [6, 6.07) is 14.5. The maximum Gasteiger partial charge on any atom is 0.307 e. The van der Waals surface area contributed by atoms with Gasteiger partial charge in [-0.05, 0) is 50.2 Å². The Morgan fingerprint density at radius 1 is 1.15 bits per heavy atom. The quantitative estimate of drug-likeness (QED) is 0.478. The summed E-state index contributed by atoms with van der Waals surface area (Å²) >= 11 is 7.37. The number of esters is 1. The lowest BCUT2D eigenvalue weighted by Crippen LogP contribution is -2.30. The standard InChI is InChI=1S/C20H22ClNO4S/c1-3-25-18-7-5-4-6-17(18)22-20(24)14(2)26-19(23)12-13-27-16-10-8-15(21)9-11-16/h4-11,14H,3,12-13H2,1-2H3,(H,22,24)/t14-/m1/s1. The van der Waals surface area contributed by atoms with Crippen molar-refractivity contribution in [1.29, 1.82) is 0 Å². The van der Waals surface area contributed by atoms with Crippen LogP contribution in [0.2, 0.25) is 5.02 Å². The van der Waals surface area contributed by atoms with Crippen LogP contribution < -0.4 is 10.1 Å². The second kappa shape index (κ2) is 10.8. The summed E-state index contributed by atoms with van der Waals surface area (Å²) in [5, 5.41) is 3.40. The SMILES string of the molecule is CCOc1ccccc1NC(=O)[C@@H](C)OC(=O)CCSc1ccc(Cl)cc1. The monoisotopic (exact) mass is 407 g/mol. The number of benzene rings is 2. The van der Waals surface area contributed by atoms with E-state index in [1.165, 1.54) is 11.8 Å². The average Bonchev–Trinajstić information content (AvgIpc) is 2.65. The molecule has 2 rings (SSSR count). The Balaban J connectivity index is 1.78. The molecule has 0 aliphatic heterocycles. The van der Waals surface area contributed by atoms with Gasteiger partial charge in [-0.3, -0.25) is 9.59 Å². The van der Waals surface area contributed by atoms with Gasteiger partial charge in [-0.1, -0.05) is 23.7 Å². The van der Waals surface area contributed by atoms with Crippen LogP contribution in [0.5, 0.6) is 5.75 Å². The van der Waals surface area contributed by atoms with E-state index in [1.807, 2.05) is 25.1 Å². The molecule has 144 valence electrons. The molecule has 0 aliphatic rings. The lowest BCUT2D eigenvalue weighted by atomic mass is 10.2. The van der Waals surface area contributed by atoms with E-state index in [0.29, 0.717) is 28.8 Å². The smallest absolute Gasteiger partial charge is 0.307 e. The van der Waals surface area contributed by atoms with E-state index in [0.717, 1.165) is 4.90 Å². The molecule has 0 unspecified atom stereocenters. The molecule has 0 aromatic heterocycles. The highest BCUT2D eigenvalue weighted by atomic mass is 35.5. The lowest BCUT2D eigenvalue weighted by molar-refractivity contribution is -0.152. The van der Waals surface area contributed by atoms with Crippen LogP contribution in [0.25, 0.3) is 0 Å². The zero-order valence-electron chi connectivity index (χ0n) is 15.2. The van der Waals surface area contributed by atoms with Crippen molar-refractivity contribution < 1.29 is 19.1 Å². The molecule has 0 aliphatic carbocycles. The van der Waals surface area contributed by atoms with Gasteiger partial charge in [0.05, 0.1) is 18.7 Å². The van der Waals surface area contributed by atoms with Gasteiger partial charge in [0.25, 0.3) is 5.91 Å². The number of thioether (sulfide) groups is 1. The zero-order valence-corrected chi connectivity index (χ0v) is 16.8. The fourth-order valence-corrected chi connectivity index (χ4v) is 3.14. The van der Waals surface area contributed by atoms with Gasteiger partial charge in [0.1, 0.15) is 5.75 Å². The molecular weight excluding hydrogens is 386 g/mol. The van der Waals surface area contributed by atoms with E-state index in [1.54, 1.807) is 37.3 Å². The average molecular weight is 408 g/mol. The summed E-state index contributed by atoms with van der Waals surface area (Å²) in [4.78, 5) is 25.3. The van der Waals surface area contributed by atoms with Crippen LogP contribution in [0.3, 0.4) is 0 Å². The predicted molar refractivity (Wildman–Crippen MR) is 109 cm³/mol. The minimum atomic E-state index is -0.896. The van der Waals surface area contributed by atoms with Crippen LogP contribution in [0.1, 0.15) is 20.3 Å². The highest BCUT2D eigenvalue weighted by Gasteiger charge is 2.19. The molecule has 0 heterocycles. The maximum atomic E-state index is 12.3. The molecular formula is C20H22ClNO4S. The van der Waals surface area contributed by atoms with Gasteiger partial charge in [-0.15, -0.1) is 11.8 Å². The fourth-order valence-electron chi connectivity index (χ4n) is 2.18. The van der Waals surface area contributed by atoms with Crippen molar-refractivity contribution in [2.45, 2.75) is 31.3 Å². The van der Waals surface area contributed by atoms with Crippen LogP contribution >= 0.6 is 23.4 Å². The van der Waals surface area contributed by atoms with Gasteiger partial charge in [-0.25, -0.2) is 0 Å². The highest BCUT2D eigenvalue weighted by molar-refractivity contribution is 7.99. The lowest BCUT2D eigenvalue weighted by Gasteiger charge is -2.15. The Hall–Kier alpha value is -2.18. The molecule has 1 atom stereocenters. The molecule has 7 heteroatoms. The molecule has 0 radical (unpaired) electrons. The third-order valence-corrected chi connectivity index (χ3v) is 4.78. The van der Waals surface area contributed by atoms with Crippen LogP contribution in [0.15, 0.2) is 53.4 Å². The Morgan fingerprint density at radius 3 is 2.56 bits per heavy atom. The molecule has 2 aromatic rings. The third kappa shape index (κ3) is 7.15. The van der Waals surface area contributed by atoms with Gasteiger partial charge in [0, 0.05) is 15.7 Å². The first-order valence-electron chi connectivity index (χ1n) is 8.60. The number of hydrogen-bond acceptors (Lipinski definition) is 5. The van der Waals surface area contributed by atoms with Gasteiger partial charge < -0.3 is 14.8 Å². The van der Waals surface area contributed by atoms with Crippen LogP contribution in [-0.2, 0) is 14.3 Å². The largest absolute Gasteiger partial charge is 0.492 e. The second-order valence-corrected chi connectivity index (χ2v) is 7.21. The number of ether oxygens (including phenoxy) is 2. The van der Waals surface area contributed by atoms with E-state index in [2.05, 4.69) is 5.32 Å². The van der Waals surface area contributed by atoms with E-state index < -0.39 is 18.0 Å². The molecule has 1 amide bonds. The first kappa shape index (κ1) is 21.1. The van der Waals surface area contributed by atoms with E-state index in [-0.39, 0.29) is 6.42 Å². The predicted octanol–water partition coefficient (Wildman–Crippen LogP) is 4.79. The summed E-state index contributed by atoms with van der Waals surface area (Å²) in [6.45, 7) is 3.90. The first-order valence-corrected chi connectivity index (χ1v) is 9.96. The van der Waals surface area contributed by atoms with Gasteiger partial charge >= 0.3 is 5.97 Å².